The minimum atomic E-state index is 0.886. The van der Waals surface area contributed by atoms with Gasteiger partial charge in [0.05, 0.1) is 22.1 Å². The van der Waals surface area contributed by atoms with Crippen LogP contribution in [0.15, 0.2) is 247 Å². The van der Waals surface area contributed by atoms with Crippen molar-refractivity contribution in [2.24, 2.45) is 0 Å². The summed E-state index contributed by atoms with van der Waals surface area (Å²) in [4.78, 5) is 0. The zero-order valence-electron chi connectivity index (χ0n) is 37.8. The number of hydrogen-bond donors (Lipinski definition) is 0. The molecular weight excluding hydrogens is 869 g/mol. The monoisotopic (exact) mass is 908 g/mol. The molecule has 0 amide bonds. The lowest BCUT2D eigenvalue weighted by molar-refractivity contribution is 0.669. The third-order valence-corrected chi connectivity index (χ3v) is 15.6. The molecule has 0 unspecified atom stereocenters. The predicted molar refractivity (Wildman–Crippen MR) is 297 cm³/mol. The first-order chi connectivity index (χ1) is 34.7. The van der Waals surface area contributed by atoms with Crippen LogP contribution in [-0.4, -0.2) is 9.13 Å². The Bertz CT molecular complexity index is 4590. The first-order valence-electron chi connectivity index (χ1n) is 23.9. The Balaban J connectivity index is 0.980. The van der Waals surface area contributed by atoms with Gasteiger partial charge in [0.2, 0.25) is 0 Å². The first kappa shape index (κ1) is 39.1. The van der Waals surface area contributed by atoms with E-state index in [2.05, 4.69) is 246 Å². The summed E-state index contributed by atoms with van der Waals surface area (Å²) in [7, 11) is 0. The van der Waals surface area contributed by atoms with Crippen LogP contribution in [0.25, 0.3) is 142 Å². The Kier molecular flexibility index (Phi) is 8.53. The maximum absolute atomic E-state index is 6.39. The van der Waals surface area contributed by atoms with Crippen LogP contribution in [0.4, 0.5) is 0 Å². The standard InChI is InChI=1S/C66H40N2OS/c1-3-15-41(16-4-1)66-53(44-30-34-63-57(37-44)50-21-9-13-25-62(50)69-63)39-47(40-54(66)45-27-31-52-51-22-10-14-26-64(51)70-65(52)38-45)68-59-24-12-8-20-49(59)56-36-43(29-33-61(56)68)42-28-32-60-55(35-42)48-19-7-11-23-58(48)67(60)46-17-5-2-6-18-46/h1-40H. The predicted octanol–water partition coefficient (Wildman–Crippen LogP) is 18.8. The van der Waals surface area contributed by atoms with Crippen molar-refractivity contribution in [1.29, 1.82) is 0 Å². The molecule has 0 aliphatic carbocycles. The van der Waals surface area contributed by atoms with Gasteiger partial charge >= 0.3 is 0 Å². The fourth-order valence-corrected chi connectivity index (χ4v) is 12.5. The Morgan fingerprint density at radius 1 is 0.271 bits per heavy atom. The Hall–Kier alpha value is -8.96. The largest absolute Gasteiger partial charge is 0.456 e. The van der Waals surface area contributed by atoms with Crippen LogP contribution in [0.3, 0.4) is 0 Å². The molecule has 3 nitrogen and oxygen atoms in total. The summed E-state index contributed by atoms with van der Waals surface area (Å²) in [5.74, 6) is 0. The van der Waals surface area contributed by atoms with E-state index < -0.39 is 0 Å². The van der Waals surface area contributed by atoms with Crippen LogP contribution >= 0.6 is 11.3 Å². The van der Waals surface area contributed by atoms with Crippen molar-refractivity contribution >= 4 is 97.1 Å². The summed E-state index contributed by atoms with van der Waals surface area (Å²) >= 11 is 1.87. The lowest BCUT2D eigenvalue weighted by Gasteiger charge is -2.20. The van der Waals surface area contributed by atoms with Crippen molar-refractivity contribution in [3.63, 3.8) is 0 Å². The number of rotatable bonds is 6. The number of thiophene rings is 1. The molecule has 0 aliphatic heterocycles. The number of fused-ring (bicyclic) bond motifs is 12. The molecule has 4 aromatic heterocycles. The van der Waals surface area contributed by atoms with Crippen LogP contribution in [-0.2, 0) is 0 Å². The summed E-state index contributed by atoms with van der Waals surface area (Å²) in [5, 5.41) is 9.74. The maximum atomic E-state index is 6.39. The highest BCUT2D eigenvalue weighted by Gasteiger charge is 2.22. The highest BCUT2D eigenvalue weighted by atomic mass is 32.1. The number of para-hydroxylation sites is 4. The summed E-state index contributed by atoms with van der Waals surface area (Å²) in [6.45, 7) is 0. The van der Waals surface area contributed by atoms with E-state index in [0.717, 1.165) is 55.5 Å². The van der Waals surface area contributed by atoms with Gasteiger partial charge in [-0.1, -0.05) is 152 Å². The van der Waals surface area contributed by atoms with Gasteiger partial charge in [-0.15, -0.1) is 11.3 Å². The van der Waals surface area contributed by atoms with E-state index in [0.29, 0.717) is 0 Å². The zero-order chi connectivity index (χ0) is 45.9. The van der Waals surface area contributed by atoms with E-state index in [1.54, 1.807) is 0 Å². The molecule has 15 rings (SSSR count). The summed E-state index contributed by atoms with van der Waals surface area (Å²) in [6, 6.07) is 89.0. The van der Waals surface area contributed by atoms with E-state index in [1.165, 1.54) is 86.1 Å². The molecular formula is C66H40N2OS. The lowest BCUT2D eigenvalue weighted by Crippen LogP contribution is -1.99. The van der Waals surface area contributed by atoms with Crippen LogP contribution in [0.5, 0.6) is 0 Å². The number of furan rings is 1. The van der Waals surface area contributed by atoms with E-state index in [1.807, 2.05) is 17.4 Å². The maximum Gasteiger partial charge on any atom is 0.135 e. The van der Waals surface area contributed by atoms with Crippen LogP contribution in [0.2, 0.25) is 0 Å². The van der Waals surface area contributed by atoms with E-state index >= 15 is 0 Å². The molecule has 0 fully saturated rings. The average Bonchev–Trinajstić information content (AvgIpc) is 4.18. The number of hydrogen-bond acceptors (Lipinski definition) is 2. The fraction of sp³-hybridized carbons (Fsp3) is 0. The van der Waals surface area contributed by atoms with Gasteiger partial charge in [0.1, 0.15) is 11.2 Å². The summed E-state index contributed by atoms with van der Waals surface area (Å²) in [6.07, 6.45) is 0. The number of benzene rings is 11. The first-order valence-corrected chi connectivity index (χ1v) is 24.7. The minimum Gasteiger partial charge on any atom is -0.456 e. The second-order valence-corrected chi connectivity index (χ2v) is 19.5. The molecule has 4 heteroatoms. The van der Waals surface area contributed by atoms with E-state index in [4.69, 9.17) is 4.42 Å². The van der Waals surface area contributed by atoms with E-state index in [-0.39, 0.29) is 0 Å². The highest BCUT2D eigenvalue weighted by Crippen LogP contribution is 2.47. The van der Waals surface area contributed by atoms with Gasteiger partial charge in [-0.2, -0.15) is 0 Å². The van der Waals surface area contributed by atoms with Gasteiger partial charge in [-0.3, -0.25) is 0 Å². The average molecular weight is 909 g/mol. The minimum absolute atomic E-state index is 0.886. The molecule has 4 heterocycles. The van der Waals surface area contributed by atoms with Gasteiger partial charge in [0, 0.05) is 63.9 Å². The fourth-order valence-electron chi connectivity index (χ4n) is 11.4. The highest BCUT2D eigenvalue weighted by molar-refractivity contribution is 7.25. The molecule has 15 aromatic rings. The zero-order valence-corrected chi connectivity index (χ0v) is 38.6. The second kappa shape index (κ2) is 15.3. The molecule has 11 aromatic carbocycles. The Morgan fingerprint density at radius 3 is 1.46 bits per heavy atom. The third-order valence-electron chi connectivity index (χ3n) is 14.5. The summed E-state index contributed by atoms with van der Waals surface area (Å²) in [5.41, 5.74) is 18.2. The number of aromatic nitrogens is 2. The molecule has 70 heavy (non-hydrogen) atoms. The van der Waals surface area contributed by atoms with Crippen molar-refractivity contribution in [3.05, 3.63) is 243 Å². The van der Waals surface area contributed by atoms with Crippen LogP contribution in [0.1, 0.15) is 0 Å². The van der Waals surface area contributed by atoms with Crippen molar-refractivity contribution in [2.75, 3.05) is 0 Å². The SMILES string of the molecule is c1ccc(-c2c(-c3ccc4c(c3)sc3ccccc34)cc(-n3c4ccccc4c4cc(-c5ccc6c(c5)c5ccccc5n6-c5ccccc5)ccc43)cc2-c2ccc3oc4ccccc4c3c2)cc1. The smallest absolute Gasteiger partial charge is 0.135 e. The topological polar surface area (TPSA) is 23.0 Å². The molecule has 0 radical (unpaired) electrons. The van der Waals surface area contributed by atoms with Gasteiger partial charge in [0.15, 0.2) is 0 Å². The quantitative estimate of drug-likeness (QED) is 0.163. The van der Waals surface area contributed by atoms with Crippen molar-refractivity contribution < 1.29 is 4.42 Å². The van der Waals surface area contributed by atoms with E-state index in [9.17, 15) is 0 Å². The Morgan fingerprint density at radius 2 is 0.757 bits per heavy atom. The van der Waals surface area contributed by atoms with Gasteiger partial charge in [-0.25, -0.2) is 0 Å². The lowest BCUT2D eigenvalue weighted by atomic mass is 9.86. The van der Waals surface area contributed by atoms with Crippen molar-refractivity contribution in [2.45, 2.75) is 0 Å². The van der Waals surface area contributed by atoms with Gasteiger partial charge in [-0.05, 0) is 136 Å². The second-order valence-electron chi connectivity index (χ2n) is 18.4. The number of nitrogens with zero attached hydrogens (tertiary/aromatic N) is 2. The van der Waals surface area contributed by atoms with Crippen molar-refractivity contribution in [1.82, 2.24) is 9.13 Å². The normalized spacial score (nSPS) is 12.0. The molecule has 0 N–H and O–H groups in total. The van der Waals surface area contributed by atoms with Gasteiger partial charge in [0.25, 0.3) is 0 Å². The summed E-state index contributed by atoms with van der Waals surface area (Å²) < 4.78 is 13.8. The van der Waals surface area contributed by atoms with Gasteiger partial charge < -0.3 is 13.6 Å². The third kappa shape index (κ3) is 5.94. The van der Waals surface area contributed by atoms with Crippen LogP contribution < -0.4 is 0 Å². The molecule has 0 atom stereocenters. The van der Waals surface area contributed by atoms with Crippen LogP contribution in [0, 0.1) is 0 Å². The molecule has 0 saturated carbocycles. The molecule has 0 aliphatic rings. The van der Waals surface area contributed by atoms with Crippen molar-refractivity contribution in [3.8, 4) is 55.9 Å². The Labute approximate surface area is 407 Å². The molecule has 326 valence electrons. The molecule has 0 bridgehead atoms. The molecule has 0 spiro atoms. The molecule has 0 saturated heterocycles.